The first-order valence-corrected chi connectivity index (χ1v) is 15.0. The third-order valence-electron chi connectivity index (χ3n) is 6.82. The molecule has 0 saturated carbocycles. The van der Waals surface area contributed by atoms with Crippen molar-refractivity contribution < 1.29 is 8.95 Å². The minimum absolute atomic E-state index is 0.720. The van der Waals surface area contributed by atoms with Crippen molar-refractivity contribution in [2.45, 2.75) is 4.90 Å². The average Bonchev–Trinajstić information content (AvgIpc) is 2.96. The molecule has 0 aromatic heterocycles. The van der Waals surface area contributed by atoms with Crippen molar-refractivity contribution in [1.82, 2.24) is 0 Å². The summed E-state index contributed by atoms with van der Waals surface area (Å²) in [5.74, 6) is 0.749. The van der Waals surface area contributed by atoms with Crippen LogP contribution in [0.2, 0.25) is 0 Å². The highest BCUT2D eigenvalue weighted by Gasteiger charge is 2.20. The summed E-state index contributed by atoms with van der Waals surface area (Å²) in [7, 11) is 0.318. The van der Waals surface area contributed by atoms with Gasteiger partial charge in [0.15, 0.2) is 0 Å². The van der Waals surface area contributed by atoms with Gasteiger partial charge in [-0.15, -0.1) is 0 Å². The number of fused-ring (bicyclic) bond motifs is 2. The van der Waals surface area contributed by atoms with Gasteiger partial charge in [0.05, 0.1) is 12.0 Å². The van der Waals surface area contributed by atoms with E-state index < -0.39 is 9.23 Å². The number of rotatable bonds is 5. The number of halogens is 1. The van der Waals surface area contributed by atoms with Crippen molar-refractivity contribution in [3.8, 4) is 39.1 Å². The summed E-state index contributed by atoms with van der Waals surface area (Å²) in [5, 5.41) is 4.26. The van der Waals surface area contributed by atoms with Crippen LogP contribution >= 0.6 is 14.8 Å². The Morgan fingerprint density at radius 3 is 1.59 bits per heavy atom. The molecule has 0 aliphatic rings. The molecule has 6 aromatic rings. The molecule has 0 heterocycles. The van der Waals surface area contributed by atoms with E-state index in [1.807, 2.05) is 42.5 Å². The number of methoxy groups -OCH3 is 1. The van der Waals surface area contributed by atoms with Crippen LogP contribution in [0, 0.1) is 0 Å². The van der Waals surface area contributed by atoms with E-state index in [0.29, 0.717) is 0 Å². The van der Waals surface area contributed by atoms with Crippen molar-refractivity contribution >= 4 is 45.6 Å². The van der Waals surface area contributed by atoms with Gasteiger partial charge in [0.25, 0.3) is 0 Å². The second-order valence-electron chi connectivity index (χ2n) is 8.91. The summed E-state index contributed by atoms with van der Waals surface area (Å²) in [5.41, 5.74) is 6.49. The number of hydrogen-bond donors (Lipinski definition) is 0. The summed E-state index contributed by atoms with van der Waals surface area (Å²) in [6.45, 7) is 0. The Hall–Kier alpha value is -3.73. The smallest absolute Gasteiger partial charge is 0.127 e. The molecule has 1 unspecified atom stereocenters. The molecular formula is C33H23BrO2S. The number of hydrogen-bond acceptors (Lipinski definition) is 2. The van der Waals surface area contributed by atoms with Crippen LogP contribution in [0.3, 0.4) is 0 Å². The molecule has 0 saturated heterocycles. The lowest BCUT2D eigenvalue weighted by Crippen LogP contribution is -1.96. The largest absolute Gasteiger partial charge is 0.496 e. The van der Waals surface area contributed by atoms with Gasteiger partial charge in [0.1, 0.15) is 15.0 Å². The van der Waals surface area contributed by atoms with E-state index in [-0.39, 0.29) is 0 Å². The van der Waals surface area contributed by atoms with E-state index in [1.165, 1.54) is 5.56 Å². The Labute approximate surface area is 226 Å². The predicted molar refractivity (Wildman–Crippen MR) is 160 cm³/mol. The van der Waals surface area contributed by atoms with E-state index in [2.05, 4.69) is 93.7 Å². The van der Waals surface area contributed by atoms with E-state index in [4.69, 9.17) is 4.74 Å². The summed E-state index contributed by atoms with van der Waals surface area (Å²) in [6.07, 6.45) is 0. The van der Waals surface area contributed by atoms with Gasteiger partial charge in [-0.3, -0.25) is 0 Å². The minimum atomic E-state index is -1.37. The molecular weight excluding hydrogens is 540 g/mol. The van der Waals surface area contributed by atoms with Crippen molar-refractivity contribution in [2.75, 3.05) is 7.11 Å². The molecule has 0 spiro atoms. The van der Waals surface area contributed by atoms with Gasteiger partial charge in [0, 0.05) is 25.9 Å². The maximum atomic E-state index is 12.9. The maximum Gasteiger partial charge on any atom is 0.127 e. The van der Waals surface area contributed by atoms with Crippen LogP contribution < -0.4 is 4.74 Å². The van der Waals surface area contributed by atoms with Crippen molar-refractivity contribution in [3.05, 3.63) is 121 Å². The molecule has 180 valence electrons. The molecule has 6 rings (SSSR count). The molecule has 4 heteroatoms. The fourth-order valence-electron chi connectivity index (χ4n) is 5.06. The van der Waals surface area contributed by atoms with E-state index >= 15 is 0 Å². The molecule has 6 aromatic carbocycles. The number of ether oxygens (including phenoxy) is 1. The van der Waals surface area contributed by atoms with E-state index in [9.17, 15) is 4.21 Å². The molecule has 0 amide bonds. The van der Waals surface area contributed by atoms with Gasteiger partial charge in [0.2, 0.25) is 0 Å². The lowest BCUT2D eigenvalue weighted by Gasteiger charge is -2.18. The summed E-state index contributed by atoms with van der Waals surface area (Å²) in [4.78, 5) is 0.720. The first-order valence-electron chi connectivity index (χ1n) is 12.0. The monoisotopic (exact) mass is 562 g/mol. The molecule has 0 aliphatic heterocycles. The van der Waals surface area contributed by atoms with Crippen LogP contribution in [0.1, 0.15) is 0 Å². The van der Waals surface area contributed by atoms with Crippen molar-refractivity contribution in [3.63, 3.8) is 0 Å². The Bertz CT molecular complexity index is 1780. The van der Waals surface area contributed by atoms with E-state index in [1.54, 1.807) is 7.11 Å². The molecule has 0 bridgehead atoms. The molecule has 0 aliphatic carbocycles. The lowest BCUT2D eigenvalue weighted by atomic mass is 9.90. The fourth-order valence-corrected chi connectivity index (χ4v) is 6.42. The lowest BCUT2D eigenvalue weighted by molar-refractivity contribution is 0.417. The SMILES string of the molecule is COc1ccc2cc(-c3ccccc3)ccc2c1-c1c(S(=O)Br)ccc2cc(-c3ccccc3)ccc12. The first-order chi connectivity index (χ1) is 18.1. The third kappa shape index (κ3) is 4.37. The zero-order chi connectivity index (χ0) is 25.4. The highest BCUT2D eigenvalue weighted by Crippen LogP contribution is 2.45. The molecule has 0 fully saturated rings. The van der Waals surface area contributed by atoms with Gasteiger partial charge in [-0.2, -0.15) is 0 Å². The Morgan fingerprint density at radius 1 is 0.568 bits per heavy atom. The molecule has 2 nitrogen and oxygen atoms in total. The predicted octanol–water partition coefficient (Wildman–Crippen LogP) is 9.42. The average molecular weight is 564 g/mol. The van der Waals surface area contributed by atoms with Crippen LogP contribution in [0.4, 0.5) is 0 Å². The Morgan fingerprint density at radius 2 is 1.08 bits per heavy atom. The van der Waals surface area contributed by atoms with Crippen LogP contribution in [-0.2, 0) is 9.23 Å². The van der Waals surface area contributed by atoms with Crippen LogP contribution in [0.5, 0.6) is 5.75 Å². The Balaban J connectivity index is 1.63. The van der Waals surface area contributed by atoms with Gasteiger partial charge in [-0.25, -0.2) is 4.21 Å². The highest BCUT2D eigenvalue weighted by atomic mass is 79.9. The topological polar surface area (TPSA) is 26.3 Å². The maximum absolute atomic E-state index is 12.9. The highest BCUT2D eigenvalue weighted by molar-refractivity contribution is 9.46. The van der Waals surface area contributed by atoms with E-state index in [0.717, 1.165) is 60.0 Å². The quantitative estimate of drug-likeness (QED) is 0.195. The van der Waals surface area contributed by atoms with Gasteiger partial charge >= 0.3 is 0 Å². The van der Waals surface area contributed by atoms with Gasteiger partial charge in [-0.1, -0.05) is 97.1 Å². The molecule has 0 radical (unpaired) electrons. The second kappa shape index (κ2) is 9.97. The Kier molecular flexibility index (Phi) is 6.37. The van der Waals surface area contributed by atoms with Gasteiger partial charge in [-0.05, 0) is 68.1 Å². The zero-order valence-electron chi connectivity index (χ0n) is 20.1. The van der Waals surface area contributed by atoms with Crippen LogP contribution in [0.25, 0.3) is 54.9 Å². The standard InChI is InChI=1S/C33H23BrO2S/c1-36-30-18-14-26-20-24(22-8-4-2-5-9-22)12-16-28(26)32(30)33-29-17-13-25(23-10-6-3-7-11-23)21-27(29)15-19-31(33)37(34)35/h2-21H,1H3. The molecule has 1 atom stereocenters. The number of benzene rings is 6. The van der Waals surface area contributed by atoms with Gasteiger partial charge < -0.3 is 4.74 Å². The fraction of sp³-hybridized carbons (Fsp3) is 0.0303. The molecule has 0 N–H and O–H groups in total. The zero-order valence-corrected chi connectivity index (χ0v) is 22.6. The first kappa shape index (κ1) is 23.7. The normalized spacial score (nSPS) is 12.1. The summed E-state index contributed by atoms with van der Waals surface area (Å²) in [6, 6.07) is 41.8. The summed E-state index contributed by atoms with van der Waals surface area (Å²) >= 11 is 3.35. The second-order valence-corrected chi connectivity index (χ2v) is 11.6. The third-order valence-corrected chi connectivity index (χ3v) is 8.55. The van der Waals surface area contributed by atoms with Crippen LogP contribution in [0.15, 0.2) is 126 Å². The molecule has 37 heavy (non-hydrogen) atoms. The summed E-state index contributed by atoms with van der Waals surface area (Å²) < 4.78 is 18.8. The van der Waals surface area contributed by atoms with Crippen molar-refractivity contribution in [1.29, 1.82) is 0 Å². The van der Waals surface area contributed by atoms with Crippen molar-refractivity contribution in [2.24, 2.45) is 0 Å². The minimum Gasteiger partial charge on any atom is -0.496 e. The van der Waals surface area contributed by atoms with Crippen LogP contribution in [-0.4, -0.2) is 11.3 Å².